The fourth-order valence-electron chi connectivity index (χ4n) is 2.11. The lowest BCUT2D eigenvalue weighted by Crippen LogP contribution is -2.26. The maximum Gasteiger partial charge on any atom is 0.150 e. The number of nitrogens with one attached hydrogen (secondary N) is 1. The molecule has 0 spiro atoms. The molecule has 4 nitrogen and oxygen atoms in total. The highest BCUT2D eigenvalue weighted by atomic mass is 16.5. The first kappa shape index (κ1) is 10.4. The number of hydrogen-bond donors (Lipinski definition) is 1. The largest absolute Gasteiger partial charge is 0.493 e. The second kappa shape index (κ2) is 4.59. The molecule has 1 unspecified atom stereocenters. The van der Waals surface area contributed by atoms with Gasteiger partial charge in [0.15, 0.2) is 0 Å². The van der Waals surface area contributed by atoms with Crippen molar-refractivity contribution in [2.45, 2.75) is 19.0 Å². The van der Waals surface area contributed by atoms with E-state index in [4.69, 9.17) is 9.26 Å². The molecule has 1 N–H and O–H groups in total. The Morgan fingerprint density at radius 2 is 2.24 bits per heavy atom. The van der Waals surface area contributed by atoms with Gasteiger partial charge in [0.05, 0.1) is 19.3 Å². The van der Waals surface area contributed by atoms with Gasteiger partial charge in [-0.3, -0.25) is 0 Å². The predicted molar refractivity (Wildman–Crippen MR) is 62.6 cm³/mol. The van der Waals surface area contributed by atoms with Crippen molar-refractivity contribution in [1.82, 2.24) is 10.5 Å². The van der Waals surface area contributed by atoms with Crippen molar-refractivity contribution in [3.8, 4) is 5.75 Å². The van der Waals surface area contributed by atoms with Crippen molar-refractivity contribution in [3.63, 3.8) is 0 Å². The summed E-state index contributed by atoms with van der Waals surface area (Å²) in [4.78, 5) is 0. The molecule has 17 heavy (non-hydrogen) atoms. The summed E-state index contributed by atoms with van der Waals surface area (Å²) in [5.74, 6) is 1.84. The van der Waals surface area contributed by atoms with E-state index in [1.165, 1.54) is 5.56 Å². The zero-order valence-electron chi connectivity index (χ0n) is 9.43. The summed E-state index contributed by atoms with van der Waals surface area (Å²) in [6, 6.07) is 10.3. The van der Waals surface area contributed by atoms with Gasteiger partial charge < -0.3 is 14.6 Å². The predicted octanol–water partition coefficient (Wildman–Crippen LogP) is 2.29. The monoisotopic (exact) mass is 230 g/mol. The van der Waals surface area contributed by atoms with Crippen molar-refractivity contribution in [2.24, 2.45) is 0 Å². The molecule has 1 atom stereocenters. The average Bonchev–Trinajstić information content (AvgIpc) is 2.89. The van der Waals surface area contributed by atoms with Gasteiger partial charge in [0.25, 0.3) is 0 Å². The van der Waals surface area contributed by atoms with Gasteiger partial charge in [0, 0.05) is 24.1 Å². The molecule has 2 aromatic rings. The van der Waals surface area contributed by atoms with Crippen molar-refractivity contribution in [1.29, 1.82) is 0 Å². The summed E-state index contributed by atoms with van der Waals surface area (Å²) >= 11 is 0. The quantitative estimate of drug-likeness (QED) is 0.878. The first-order chi connectivity index (χ1) is 8.43. The Morgan fingerprint density at radius 3 is 3.12 bits per heavy atom. The highest BCUT2D eigenvalue weighted by Gasteiger charge is 2.20. The van der Waals surface area contributed by atoms with Gasteiger partial charge in [-0.25, -0.2) is 0 Å². The maximum absolute atomic E-state index is 5.61. The molecule has 2 heterocycles. The second-order valence-electron chi connectivity index (χ2n) is 4.09. The third kappa shape index (κ3) is 2.17. The molecule has 0 aliphatic carbocycles. The van der Waals surface area contributed by atoms with Crippen LogP contribution in [0.1, 0.15) is 23.8 Å². The van der Waals surface area contributed by atoms with Crippen LogP contribution in [0.4, 0.5) is 0 Å². The standard InChI is InChI=1S/C13H14N2O2/c1-2-4-13-11(3-1)12(6-8-16-13)14-9-10-5-7-15-17-10/h1-5,7,12,14H,6,8-9H2. The Morgan fingerprint density at radius 1 is 1.29 bits per heavy atom. The molecule has 0 bridgehead atoms. The molecule has 1 aromatic heterocycles. The maximum atomic E-state index is 5.61. The first-order valence-electron chi connectivity index (χ1n) is 5.78. The molecule has 0 saturated heterocycles. The van der Waals surface area contributed by atoms with Crippen LogP contribution < -0.4 is 10.1 Å². The summed E-state index contributed by atoms with van der Waals surface area (Å²) < 4.78 is 10.7. The number of para-hydroxylation sites is 1. The number of benzene rings is 1. The molecular formula is C13H14N2O2. The molecule has 3 rings (SSSR count). The number of aromatic nitrogens is 1. The minimum Gasteiger partial charge on any atom is -0.493 e. The van der Waals surface area contributed by atoms with Gasteiger partial charge >= 0.3 is 0 Å². The molecule has 0 fully saturated rings. The van der Waals surface area contributed by atoms with Crippen molar-refractivity contribution >= 4 is 0 Å². The Bertz CT molecular complexity index is 482. The van der Waals surface area contributed by atoms with Crippen molar-refractivity contribution in [3.05, 3.63) is 47.9 Å². The summed E-state index contributed by atoms with van der Waals surface area (Å²) in [7, 11) is 0. The smallest absolute Gasteiger partial charge is 0.150 e. The number of ether oxygens (including phenoxy) is 1. The molecule has 88 valence electrons. The van der Waals surface area contributed by atoms with Crippen LogP contribution in [0.15, 0.2) is 41.1 Å². The molecule has 1 aliphatic rings. The Hall–Kier alpha value is -1.81. The summed E-state index contributed by atoms with van der Waals surface area (Å²) in [5, 5.41) is 7.16. The number of hydrogen-bond acceptors (Lipinski definition) is 4. The van der Waals surface area contributed by atoms with Crippen LogP contribution in [0.5, 0.6) is 5.75 Å². The molecular weight excluding hydrogens is 216 g/mol. The second-order valence-corrected chi connectivity index (χ2v) is 4.09. The SMILES string of the molecule is c1ccc2c(c1)OCCC2NCc1ccno1. The zero-order chi connectivity index (χ0) is 11.5. The minimum absolute atomic E-state index is 0.324. The van der Waals surface area contributed by atoms with E-state index in [0.29, 0.717) is 12.6 Å². The molecule has 4 heteroatoms. The molecule has 0 amide bonds. The lowest BCUT2D eigenvalue weighted by molar-refractivity contribution is 0.248. The normalized spacial score (nSPS) is 18.5. The Balaban J connectivity index is 1.72. The highest BCUT2D eigenvalue weighted by Crippen LogP contribution is 2.31. The lowest BCUT2D eigenvalue weighted by Gasteiger charge is -2.26. The van der Waals surface area contributed by atoms with Gasteiger partial charge in [-0.1, -0.05) is 23.4 Å². The van der Waals surface area contributed by atoms with E-state index in [9.17, 15) is 0 Å². The topological polar surface area (TPSA) is 47.3 Å². The van der Waals surface area contributed by atoms with Crippen molar-refractivity contribution in [2.75, 3.05) is 6.61 Å². The van der Waals surface area contributed by atoms with E-state index in [-0.39, 0.29) is 0 Å². The molecule has 0 radical (unpaired) electrons. The summed E-state index contributed by atoms with van der Waals surface area (Å²) in [6.07, 6.45) is 2.64. The van der Waals surface area contributed by atoms with Gasteiger partial charge in [0.2, 0.25) is 0 Å². The van der Waals surface area contributed by atoms with Crippen LogP contribution in [0.2, 0.25) is 0 Å². The fourth-order valence-corrected chi connectivity index (χ4v) is 2.11. The van der Waals surface area contributed by atoms with Crippen LogP contribution in [-0.4, -0.2) is 11.8 Å². The van der Waals surface area contributed by atoms with E-state index < -0.39 is 0 Å². The minimum atomic E-state index is 0.324. The van der Waals surface area contributed by atoms with E-state index in [1.54, 1.807) is 6.20 Å². The third-order valence-electron chi connectivity index (χ3n) is 2.97. The molecule has 1 aromatic carbocycles. The van der Waals surface area contributed by atoms with Crippen LogP contribution in [0.3, 0.4) is 0 Å². The van der Waals surface area contributed by atoms with E-state index >= 15 is 0 Å². The van der Waals surface area contributed by atoms with E-state index in [2.05, 4.69) is 16.5 Å². The first-order valence-corrected chi connectivity index (χ1v) is 5.78. The van der Waals surface area contributed by atoms with Gasteiger partial charge in [-0.15, -0.1) is 0 Å². The zero-order valence-corrected chi connectivity index (χ0v) is 9.43. The fraction of sp³-hybridized carbons (Fsp3) is 0.308. The third-order valence-corrected chi connectivity index (χ3v) is 2.97. The van der Waals surface area contributed by atoms with Crippen LogP contribution >= 0.6 is 0 Å². The van der Waals surface area contributed by atoms with Crippen LogP contribution in [-0.2, 0) is 6.54 Å². The van der Waals surface area contributed by atoms with E-state index in [1.807, 2.05) is 24.3 Å². The Kier molecular flexibility index (Phi) is 2.80. The van der Waals surface area contributed by atoms with E-state index in [0.717, 1.165) is 24.5 Å². The van der Waals surface area contributed by atoms with Crippen molar-refractivity contribution < 1.29 is 9.26 Å². The van der Waals surface area contributed by atoms with Gasteiger partial charge in [0.1, 0.15) is 11.5 Å². The summed E-state index contributed by atoms with van der Waals surface area (Å²) in [6.45, 7) is 1.45. The Labute approximate surface area is 99.6 Å². The number of nitrogens with zero attached hydrogens (tertiary/aromatic N) is 1. The van der Waals surface area contributed by atoms with Gasteiger partial charge in [-0.05, 0) is 6.07 Å². The molecule has 0 saturated carbocycles. The summed E-state index contributed by atoms with van der Waals surface area (Å²) in [5.41, 5.74) is 1.22. The number of fused-ring (bicyclic) bond motifs is 1. The average molecular weight is 230 g/mol. The van der Waals surface area contributed by atoms with Crippen LogP contribution in [0, 0.1) is 0 Å². The number of rotatable bonds is 3. The highest BCUT2D eigenvalue weighted by molar-refractivity contribution is 5.37. The molecule has 1 aliphatic heterocycles. The lowest BCUT2D eigenvalue weighted by atomic mass is 10.0. The van der Waals surface area contributed by atoms with Crippen LogP contribution in [0.25, 0.3) is 0 Å². The van der Waals surface area contributed by atoms with Gasteiger partial charge in [-0.2, -0.15) is 0 Å².